The first-order chi connectivity index (χ1) is 10.7. The molecule has 1 unspecified atom stereocenters. The minimum Gasteiger partial charge on any atom is -0.306 e. The Balaban J connectivity index is 1.94. The minimum atomic E-state index is 0.625. The number of nitrogens with zero attached hydrogens (tertiary/aromatic N) is 1. The van der Waals surface area contributed by atoms with Gasteiger partial charge in [-0.05, 0) is 65.9 Å². The fourth-order valence-corrected chi connectivity index (χ4v) is 4.90. The summed E-state index contributed by atoms with van der Waals surface area (Å²) in [6.45, 7) is 4.76. The molecule has 1 nitrogen and oxygen atoms in total. The van der Waals surface area contributed by atoms with Crippen molar-refractivity contribution in [1.82, 2.24) is 4.90 Å². The summed E-state index contributed by atoms with van der Waals surface area (Å²) in [7, 11) is 2.24. The quantitative estimate of drug-likeness (QED) is 0.666. The van der Waals surface area contributed by atoms with Crippen LogP contribution in [0.15, 0.2) is 41.3 Å². The van der Waals surface area contributed by atoms with Crippen LogP contribution in [0.5, 0.6) is 0 Å². The van der Waals surface area contributed by atoms with Crippen molar-refractivity contribution < 1.29 is 0 Å². The highest BCUT2D eigenvalue weighted by Crippen LogP contribution is 2.43. The van der Waals surface area contributed by atoms with E-state index in [1.807, 2.05) is 11.3 Å². The van der Waals surface area contributed by atoms with Gasteiger partial charge in [0.2, 0.25) is 0 Å². The highest BCUT2D eigenvalue weighted by Gasteiger charge is 2.26. The van der Waals surface area contributed by atoms with E-state index in [4.69, 9.17) is 0 Å². The molecule has 1 fully saturated rings. The Morgan fingerprint density at radius 1 is 1.05 bits per heavy atom. The van der Waals surface area contributed by atoms with Crippen LogP contribution in [0, 0.1) is 0 Å². The maximum absolute atomic E-state index is 2.45. The SMILES string of the molecule is CC1Cc2ccccc2C(=C2CCN(C)CC2)c2ccsc21. The summed E-state index contributed by atoms with van der Waals surface area (Å²) in [6, 6.07) is 11.4. The fourth-order valence-electron chi connectivity index (χ4n) is 3.94. The van der Waals surface area contributed by atoms with E-state index < -0.39 is 0 Å². The first kappa shape index (κ1) is 14.2. The largest absolute Gasteiger partial charge is 0.306 e. The van der Waals surface area contributed by atoms with Crippen molar-refractivity contribution in [2.75, 3.05) is 20.1 Å². The van der Waals surface area contributed by atoms with Gasteiger partial charge in [0.05, 0.1) is 0 Å². The van der Waals surface area contributed by atoms with Gasteiger partial charge >= 0.3 is 0 Å². The average Bonchev–Trinajstić information content (AvgIpc) is 2.96. The van der Waals surface area contributed by atoms with Gasteiger partial charge in [0.1, 0.15) is 0 Å². The van der Waals surface area contributed by atoms with E-state index in [9.17, 15) is 0 Å². The van der Waals surface area contributed by atoms with Crippen LogP contribution in [0.25, 0.3) is 5.57 Å². The molecule has 0 saturated carbocycles. The van der Waals surface area contributed by atoms with Crippen molar-refractivity contribution >= 4 is 16.9 Å². The second-order valence-corrected chi connectivity index (χ2v) is 7.69. The average molecular weight is 309 g/mol. The van der Waals surface area contributed by atoms with Crippen molar-refractivity contribution in [2.24, 2.45) is 0 Å². The highest BCUT2D eigenvalue weighted by molar-refractivity contribution is 7.10. The smallest absolute Gasteiger partial charge is 0.0155 e. The summed E-state index contributed by atoms with van der Waals surface area (Å²) in [5.41, 5.74) is 7.76. The van der Waals surface area contributed by atoms with Crippen LogP contribution < -0.4 is 0 Å². The molecule has 0 N–H and O–H groups in total. The monoisotopic (exact) mass is 309 g/mol. The third-order valence-electron chi connectivity index (χ3n) is 5.17. The van der Waals surface area contributed by atoms with E-state index in [1.165, 1.54) is 49.0 Å². The van der Waals surface area contributed by atoms with E-state index in [1.54, 1.807) is 16.0 Å². The first-order valence-electron chi connectivity index (χ1n) is 8.30. The molecular weight excluding hydrogens is 286 g/mol. The highest BCUT2D eigenvalue weighted by atomic mass is 32.1. The van der Waals surface area contributed by atoms with Crippen LogP contribution in [0.3, 0.4) is 0 Å². The number of rotatable bonds is 0. The van der Waals surface area contributed by atoms with Gasteiger partial charge in [0.15, 0.2) is 0 Å². The molecule has 22 heavy (non-hydrogen) atoms. The third kappa shape index (κ3) is 2.35. The number of benzene rings is 1. The molecule has 1 atom stereocenters. The van der Waals surface area contributed by atoms with Gasteiger partial charge < -0.3 is 4.90 Å². The molecule has 1 aliphatic carbocycles. The van der Waals surface area contributed by atoms with Gasteiger partial charge in [0, 0.05) is 18.0 Å². The minimum absolute atomic E-state index is 0.625. The summed E-state index contributed by atoms with van der Waals surface area (Å²) in [5, 5.41) is 2.28. The molecular formula is C20H23NS. The number of hydrogen-bond acceptors (Lipinski definition) is 2. The number of thiophene rings is 1. The Hall–Kier alpha value is -1.38. The number of hydrogen-bond donors (Lipinski definition) is 0. The topological polar surface area (TPSA) is 3.24 Å². The van der Waals surface area contributed by atoms with Gasteiger partial charge in [-0.15, -0.1) is 11.3 Å². The fraction of sp³-hybridized carbons (Fsp3) is 0.400. The van der Waals surface area contributed by atoms with Crippen LogP contribution in [0.1, 0.15) is 47.3 Å². The molecule has 0 radical (unpaired) electrons. The van der Waals surface area contributed by atoms with Crippen molar-refractivity contribution in [3.8, 4) is 0 Å². The predicted octanol–water partition coefficient (Wildman–Crippen LogP) is 4.94. The molecule has 114 valence electrons. The van der Waals surface area contributed by atoms with Gasteiger partial charge in [-0.3, -0.25) is 0 Å². The molecule has 2 aromatic rings. The predicted molar refractivity (Wildman–Crippen MR) is 95.6 cm³/mol. The maximum atomic E-state index is 2.45. The molecule has 2 heteroatoms. The molecule has 1 aromatic carbocycles. The van der Waals surface area contributed by atoms with Gasteiger partial charge in [-0.2, -0.15) is 0 Å². The van der Waals surface area contributed by atoms with Crippen molar-refractivity contribution in [3.05, 3.63) is 62.9 Å². The molecule has 1 saturated heterocycles. The van der Waals surface area contributed by atoms with E-state index in [0.717, 1.165) is 0 Å². The Morgan fingerprint density at radius 3 is 2.64 bits per heavy atom. The molecule has 0 amide bonds. The van der Waals surface area contributed by atoms with Crippen LogP contribution >= 0.6 is 11.3 Å². The summed E-state index contributed by atoms with van der Waals surface area (Å²) < 4.78 is 0. The zero-order valence-electron chi connectivity index (χ0n) is 13.4. The van der Waals surface area contributed by atoms with Crippen LogP contribution in [0.2, 0.25) is 0 Å². The van der Waals surface area contributed by atoms with E-state index in [0.29, 0.717) is 5.92 Å². The lowest BCUT2D eigenvalue weighted by Crippen LogP contribution is -2.27. The standard InChI is InChI=1S/C20H23NS/c1-14-13-16-5-3-4-6-17(16)19(18-9-12-22-20(14)18)15-7-10-21(2)11-8-15/h3-6,9,12,14H,7-8,10-11,13H2,1-2H3. The summed E-state index contributed by atoms with van der Waals surface area (Å²) in [6.07, 6.45) is 3.59. The van der Waals surface area contributed by atoms with Crippen molar-refractivity contribution in [3.63, 3.8) is 0 Å². The third-order valence-corrected chi connectivity index (χ3v) is 6.32. The van der Waals surface area contributed by atoms with E-state index in [-0.39, 0.29) is 0 Å². The molecule has 4 rings (SSSR count). The molecule has 1 aromatic heterocycles. The number of likely N-dealkylation sites (tertiary alicyclic amines) is 1. The summed E-state index contributed by atoms with van der Waals surface area (Å²) >= 11 is 1.94. The van der Waals surface area contributed by atoms with Crippen LogP contribution in [0.4, 0.5) is 0 Å². The molecule has 1 aliphatic heterocycles. The lowest BCUT2D eigenvalue weighted by molar-refractivity contribution is 0.313. The number of piperidine rings is 1. The second kappa shape index (κ2) is 5.68. The lowest BCUT2D eigenvalue weighted by Gasteiger charge is -2.27. The normalized spacial score (nSPS) is 22.2. The lowest BCUT2D eigenvalue weighted by atomic mass is 9.88. The van der Waals surface area contributed by atoms with Crippen molar-refractivity contribution in [2.45, 2.75) is 32.1 Å². The van der Waals surface area contributed by atoms with Gasteiger partial charge in [-0.1, -0.05) is 36.8 Å². The Kier molecular flexibility index (Phi) is 3.67. The molecule has 0 spiro atoms. The van der Waals surface area contributed by atoms with Gasteiger partial charge in [0.25, 0.3) is 0 Å². The molecule has 0 bridgehead atoms. The van der Waals surface area contributed by atoms with E-state index in [2.05, 4.69) is 54.6 Å². The Labute approximate surface area is 137 Å². The zero-order chi connectivity index (χ0) is 15.1. The Bertz CT molecular complexity index is 715. The van der Waals surface area contributed by atoms with Crippen LogP contribution in [-0.2, 0) is 6.42 Å². The molecule has 2 heterocycles. The van der Waals surface area contributed by atoms with E-state index >= 15 is 0 Å². The maximum Gasteiger partial charge on any atom is 0.0155 e. The summed E-state index contributed by atoms with van der Waals surface area (Å²) in [5.74, 6) is 0.625. The summed E-state index contributed by atoms with van der Waals surface area (Å²) in [4.78, 5) is 4.03. The van der Waals surface area contributed by atoms with Gasteiger partial charge in [-0.25, -0.2) is 0 Å². The first-order valence-corrected chi connectivity index (χ1v) is 9.18. The van der Waals surface area contributed by atoms with Crippen molar-refractivity contribution in [1.29, 1.82) is 0 Å². The number of fused-ring (bicyclic) bond motifs is 2. The second-order valence-electron chi connectivity index (χ2n) is 6.74. The van der Waals surface area contributed by atoms with Crippen LogP contribution in [-0.4, -0.2) is 25.0 Å². The zero-order valence-corrected chi connectivity index (χ0v) is 14.2. The Morgan fingerprint density at radius 2 is 1.82 bits per heavy atom. The molecule has 2 aliphatic rings.